The Kier molecular flexibility index (Phi) is 56.7. The monoisotopic (exact) mass is 916 g/mol. The Bertz CT molecular complexity index is 905. The number of aliphatic hydroxyl groups excluding tert-OH is 2. The second kappa shape index (κ2) is 57.4. The summed E-state index contributed by atoms with van der Waals surface area (Å²) in [7, 11) is 0. The van der Waals surface area contributed by atoms with E-state index in [-0.39, 0.29) is 12.5 Å². The number of nitrogens with one attached hydrogen (secondary N) is 1. The van der Waals surface area contributed by atoms with Crippen LogP contribution in [-0.2, 0) is 4.79 Å². The van der Waals surface area contributed by atoms with Gasteiger partial charge in [0.1, 0.15) is 0 Å². The lowest BCUT2D eigenvalue weighted by Crippen LogP contribution is -2.45. The minimum Gasteiger partial charge on any atom is -0.394 e. The first kappa shape index (κ1) is 64.1. The van der Waals surface area contributed by atoms with Crippen LogP contribution < -0.4 is 5.32 Å². The zero-order chi connectivity index (χ0) is 47.0. The Labute approximate surface area is 409 Å². The first-order valence-electron chi connectivity index (χ1n) is 30.4. The van der Waals surface area contributed by atoms with E-state index in [9.17, 15) is 15.0 Å². The van der Waals surface area contributed by atoms with Crippen molar-refractivity contribution in [1.29, 1.82) is 0 Å². The minimum atomic E-state index is -0.836. The van der Waals surface area contributed by atoms with Crippen molar-refractivity contribution in [1.82, 2.24) is 5.32 Å². The summed E-state index contributed by atoms with van der Waals surface area (Å²) in [5.74, 6) is -0.0549. The highest BCUT2D eigenvalue weighted by atomic mass is 16.3. The first-order valence-corrected chi connectivity index (χ1v) is 30.4. The van der Waals surface area contributed by atoms with E-state index in [1.54, 1.807) is 6.08 Å². The fourth-order valence-electron chi connectivity index (χ4n) is 9.89. The second-order valence-electron chi connectivity index (χ2n) is 21.1. The van der Waals surface area contributed by atoms with Crippen LogP contribution >= 0.6 is 0 Å². The number of amides is 1. The highest BCUT2D eigenvalue weighted by molar-refractivity contribution is 5.76. The smallest absolute Gasteiger partial charge is 0.220 e. The molecule has 2 atom stereocenters. The van der Waals surface area contributed by atoms with Gasteiger partial charge in [0, 0.05) is 6.42 Å². The standard InChI is InChI=1S/C61H121NO3/c1-3-5-7-9-11-13-15-17-19-21-23-25-27-28-29-30-31-32-33-35-36-38-40-42-44-46-48-50-52-54-56-60(64)59(58-63)62-61(65)57-55-53-51-49-47-45-43-41-39-37-34-26-24-22-20-18-16-14-12-10-8-6-4-2/h54,56,59-60,63-64H,3-53,55,57-58H2,1-2H3,(H,62,65)/b56-54+. The summed E-state index contributed by atoms with van der Waals surface area (Å²) in [6, 6.07) is -0.619. The van der Waals surface area contributed by atoms with E-state index in [4.69, 9.17) is 0 Å². The van der Waals surface area contributed by atoms with E-state index in [1.165, 1.54) is 308 Å². The van der Waals surface area contributed by atoms with Crippen molar-refractivity contribution in [3.05, 3.63) is 12.2 Å². The normalized spacial score (nSPS) is 12.7. The zero-order valence-electron chi connectivity index (χ0n) is 44.8. The topological polar surface area (TPSA) is 69.6 Å². The van der Waals surface area contributed by atoms with Crippen LogP contribution in [0.3, 0.4) is 0 Å². The van der Waals surface area contributed by atoms with Gasteiger partial charge in [-0.2, -0.15) is 0 Å². The van der Waals surface area contributed by atoms with E-state index in [0.717, 1.165) is 25.7 Å². The molecule has 0 rings (SSSR count). The molecule has 1 amide bonds. The highest BCUT2D eigenvalue weighted by Crippen LogP contribution is 2.19. The van der Waals surface area contributed by atoms with Gasteiger partial charge in [0.15, 0.2) is 0 Å². The predicted molar refractivity (Wildman–Crippen MR) is 290 cm³/mol. The number of allylic oxidation sites excluding steroid dienone is 1. The summed E-state index contributed by atoms with van der Waals surface area (Å²) >= 11 is 0. The van der Waals surface area contributed by atoms with Crippen molar-refractivity contribution in [2.45, 2.75) is 366 Å². The van der Waals surface area contributed by atoms with Gasteiger partial charge >= 0.3 is 0 Å². The van der Waals surface area contributed by atoms with Gasteiger partial charge in [0.25, 0.3) is 0 Å². The molecule has 0 saturated carbocycles. The lowest BCUT2D eigenvalue weighted by Gasteiger charge is -2.20. The molecule has 0 fully saturated rings. The molecule has 2 unspecified atom stereocenters. The third kappa shape index (κ3) is 53.9. The highest BCUT2D eigenvalue weighted by Gasteiger charge is 2.18. The van der Waals surface area contributed by atoms with Crippen LogP contribution in [0.4, 0.5) is 0 Å². The van der Waals surface area contributed by atoms with Crippen LogP contribution in [0, 0.1) is 0 Å². The molecule has 0 bridgehead atoms. The van der Waals surface area contributed by atoms with E-state index >= 15 is 0 Å². The van der Waals surface area contributed by atoms with Crippen LogP contribution in [-0.4, -0.2) is 34.9 Å². The van der Waals surface area contributed by atoms with E-state index in [1.807, 2.05) is 6.08 Å². The SMILES string of the molecule is CCCCCCCCCCCCCCCCCCCCCCCCCCCCCC/C=C/C(O)C(CO)NC(=O)CCCCCCCCCCCCCCCCCCCCCCCCC. The Morgan fingerprint density at radius 3 is 0.800 bits per heavy atom. The average molecular weight is 917 g/mol. The third-order valence-electron chi connectivity index (χ3n) is 14.5. The number of carbonyl (C=O) groups excluding carboxylic acids is 1. The molecule has 0 saturated heterocycles. The maximum Gasteiger partial charge on any atom is 0.220 e. The number of aliphatic hydroxyl groups is 2. The predicted octanol–water partition coefficient (Wildman–Crippen LogP) is 20.1. The summed E-state index contributed by atoms with van der Waals surface area (Å²) in [6.45, 7) is 4.36. The average Bonchev–Trinajstić information content (AvgIpc) is 3.31. The molecule has 65 heavy (non-hydrogen) atoms. The van der Waals surface area contributed by atoms with Gasteiger partial charge in [-0.05, 0) is 19.3 Å². The number of rotatable bonds is 57. The van der Waals surface area contributed by atoms with Gasteiger partial charge in [-0.15, -0.1) is 0 Å². The maximum atomic E-state index is 12.5. The summed E-state index contributed by atoms with van der Waals surface area (Å²) in [6.07, 6.45) is 75.4. The van der Waals surface area contributed by atoms with Crippen molar-refractivity contribution >= 4 is 5.91 Å². The molecular weight excluding hydrogens is 795 g/mol. The largest absolute Gasteiger partial charge is 0.394 e. The minimum absolute atomic E-state index is 0.0549. The van der Waals surface area contributed by atoms with Crippen LogP contribution in [0.25, 0.3) is 0 Å². The summed E-state index contributed by atoms with van der Waals surface area (Å²) < 4.78 is 0. The molecule has 0 aliphatic carbocycles. The first-order chi connectivity index (χ1) is 32.2. The molecule has 0 aromatic heterocycles. The summed E-state index contributed by atoms with van der Waals surface area (Å²) in [4.78, 5) is 12.5. The van der Waals surface area contributed by atoms with Crippen LogP contribution in [0.2, 0.25) is 0 Å². The van der Waals surface area contributed by atoms with E-state index in [2.05, 4.69) is 19.2 Å². The second-order valence-corrected chi connectivity index (χ2v) is 21.1. The molecule has 0 aliphatic rings. The van der Waals surface area contributed by atoms with Gasteiger partial charge in [0.05, 0.1) is 18.8 Å². The van der Waals surface area contributed by atoms with Crippen molar-refractivity contribution in [2.75, 3.05) is 6.61 Å². The van der Waals surface area contributed by atoms with Crippen molar-refractivity contribution in [2.24, 2.45) is 0 Å². The molecule has 388 valence electrons. The number of carbonyl (C=O) groups is 1. The molecule has 4 heteroatoms. The molecular formula is C61H121NO3. The molecule has 3 N–H and O–H groups in total. The number of hydrogen-bond donors (Lipinski definition) is 3. The van der Waals surface area contributed by atoms with Crippen molar-refractivity contribution in [3.63, 3.8) is 0 Å². The number of unbranched alkanes of at least 4 members (excludes halogenated alkanes) is 50. The Balaban J connectivity index is 3.42. The van der Waals surface area contributed by atoms with Crippen LogP contribution in [0.5, 0.6) is 0 Å². The van der Waals surface area contributed by atoms with Gasteiger partial charge in [-0.25, -0.2) is 0 Å². The zero-order valence-corrected chi connectivity index (χ0v) is 44.8. The number of hydrogen-bond acceptors (Lipinski definition) is 3. The van der Waals surface area contributed by atoms with Gasteiger partial charge < -0.3 is 15.5 Å². The Morgan fingerprint density at radius 1 is 0.354 bits per heavy atom. The fraction of sp³-hybridized carbons (Fsp3) is 0.951. The van der Waals surface area contributed by atoms with Gasteiger partial charge in [-0.1, -0.05) is 341 Å². The Hall–Kier alpha value is -0.870. The molecule has 0 aromatic rings. The van der Waals surface area contributed by atoms with Crippen LogP contribution in [0.15, 0.2) is 12.2 Å². The van der Waals surface area contributed by atoms with Crippen molar-refractivity contribution < 1.29 is 15.0 Å². The quantitative estimate of drug-likeness (QED) is 0.0421. The molecule has 0 heterocycles. The molecule has 0 aromatic carbocycles. The van der Waals surface area contributed by atoms with E-state index < -0.39 is 12.1 Å². The summed E-state index contributed by atoms with van der Waals surface area (Å²) in [5.41, 5.74) is 0. The van der Waals surface area contributed by atoms with E-state index in [0.29, 0.717) is 6.42 Å². The summed E-state index contributed by atoms with van der Waals surface area (Å²) in [5, 5.41) is 23.2. The molecule has 0 spiro atoms. The van der Waals surface area contributed by atoms with Crippen LogP contribution in [0.1, 0.15) is 354 Å². The lowest BCUT2D eigenvalue weighted by atomic mass is 10.0. The fourth-order valence-corrected chi connectivity index (χ4v) is 9.89. The molecule has 4 nitrogen and oxygen atoms in total. The lowest BCUT2D eigenvalue weighted by molar-refractivity contribution is -0.123. The maximum absolute atomic E-state index is 12.5. The van der Waals surface area contributed by atoms with Crippen molar-refractivity contribution in [3.8, 4) is 0 Å². The molecule has 0 radical (unpaired) electrons. The van der Waals surface area contributed by atoms with Gasteiger partial charge in [0.2, 0.25) is 5.91 Å². The third-order valence-corrected chi connectivity index (χ3v) is 14.5. The Morgan fingerprint density at radius 2 is 0.569 bits per heavy atom. The molecule has 0 aliphatic heterocycles. The van der Waals surface area contributed by atoms with Gasteiger partial charge in [-0.3, -0.25) is 4.79 Å².